The highest BCUT2D eigenvalue weighted by Gasteiger charge is 2.17. The lowest BCUT2D eigenvalue weighted by atomic mass is 9.95. The van der Waals surface area contributed by atoms with Crippen LogP contribution in [0.1, 0.15) is 44.9 Å². The van der Waals surface area contributed by atoms with Crippen molar-refractivity contribution in [2.75, 3.05) is 26.3 Å². The molecule has 2 rings (SSSR count). The summed E-state index contributed by atoms with van der Waals surface area (Å²) < 4.78 is 5.54. The second-order valence-electron chi connectivity index (χ2n) is 5.61. The van der Waals surface area contributed by atoms with Crippen molar-refractivity contribution in [3.05, 3.63) is 0 Å². The zero-order valence-corrected chi connectivity index (χ0v) is 11.2. The molecule has 104 valence electrons. The van der Waals surface area contributed by atoms with E-state index in [4.69, 9.17) is 4.74 Å². The number of hydrogen-bond donors (Lipinski definition) is 2. The average molecular weight is 254 g/mol. The molecule has 1 aliphatic carbocycles. The van der Waals surface area contributed by atoms with Gasteiger partial charge in [0.2, 0.25) is 5.91 Å². The normalized spacial score (nSPS) is 22.9. The van der Waals surface area contributed by atoms with Crippen molar-refractivity contribution in [1.82, 2.24) is 10.6 Å². The largest absolute Gasteiger partial charge is 0.371 e. The lowest BCUT2D eigenvalue weighted by Crippen LogP contribution is -2.39. The molecule has 0 aromatic heterocycles. The van der Waals surface area contributed by atoms with Crippen molar-refractivity contribution >= 4 is 5.91 Å². The van der Waals surface area contributed by atoms with E-state index in [0.717, 1.165) is 32.5 Å². The molecular formula is C14H26N2O2. The van der Waals surface area contributed by atoms with E-state index < -0.39 is 0 Å². The minimum atomic E-state index is 0.0656. The van der Waals surface area contributed by atoms with Crippen molar-refractivity contribution in [2.24, 2.45) is 5.92 Å². The molecule has 0 aromatic carbocycles. The quantitative estimate of drug-likeness (QED) is 0.781. The molecule has 2 fully saturated rings. The van der Waals surface area contributed by atoms with E-state index in [1.807, 2.05) is 0 Å². The maximum absolute atomic E-state index is 11.7. The first-order chi connectivity index (χ1) is 8.84. The maximum atomic E-state index is 11.7. The van der Waals surface area contributed by atoms with Gasteiger partial charge >= 0.3 is 0 Å². The Hall–Kier alpha value is -0.610. The molecule has 4 nitrogen and oxygen atoms in total. The molecule has 0 unspecified atom stereocenters. The van der Waals surface area contributed by atoms with E-state index in [1.54, 1.807) is 0 Å². The minimum absolute atomic E-state index is 0.0656. The first kappa shape index (κ1) is 13.8. The van der Waals surface area contributed by atoms with Gasteiger partial charge in [0, 0.05) is 6.04 Å². The Morgan fingerprint density at radius 1 is 1.11 bits per heavy atom. The second kappa shape index (κ2) is 7.74. The molecule has 0 bridgehead atoms. The predicted octanol–water partition coefficient (Wildman–Crippen LogP) is 1.45. The summed E-state index contributed by atoms with van der Waals surface area (Å²) in [6.45, 7) is 3.14. The number of nitrogens with one attached hydrogen (secondary N) is 2. The highest BCUT2D eigenvalue weighted by atomic mass is 16.5. The number of amides is 1. The monoisotopic (exact) mass is 254 g/mol. The van der Waals surface area contributed by atoms with Crippen LogP contribution in [0.4, 0.5) is 0 Å². The number of ether oxygens (including phenoxy) is 1. The zero-order chi connectivity index (χ0) is 12.6. The van der Waals surface area contributed by atoms with Crippen LogP contribution in [0.2, 0.25) is 0 Å². The van der Waals surface area contributed by atoms with Gasteiger partial charge in [-0.2, -0.15) is 0 Å². The van der Waals surface area contributed by atoms with E-state index in [2.05, 4.69) is 10.6 Å². The number of hydrogen-bond acceptors (Lipinski definition) is 3. The lowest BCUT2D eigenvalue weighted by molar-refractivity contribution is -0.127. The topological polar surface area (TPSA) is 50.4 Å². The Kier molecular flexibility index (Phi) is 5.94. The van der Waals surface area contributed by atoms with Crippen LogP contribution in [0, 0.1) is 5.92 Å². The summed E-state index contributed by atoms with van der Waals surface area (Å²) >= 11 is 0. The van der Waals surface area contributed by atoms with Crippen LogP contribution in [0.15, 0.2) is 0 Å². The van der Waals surface area contributed by atoms with Crippen LogP contribution >= 0.6 is 0 Å². The lowest BCUT2D eigenvalue weighted by Gasteiger charge is -2.24. The molecule has 0 aromatic rings. The highest BCUT2D eigenvalue weighted by molar-refractivity contribution is 5.77. The van der Waals surface area contributed by atoms with Gasteiger partial charge < -0.3 is 15.4 Å². The van der Waals surface area contributed by atoms with Crippen molar-refractivity contribution < 1.29 is 9.53 Å². The molecule has 1 saturated heterocycles. The van der Waals surface area contributed by atoms with Gasteiger partial charge in [0.05, 0.1) is 6.61 Å². The fourth-order valence-corrected chi connectivity index (χ4v) is 2.88. The van der Waals surface area contributed by atoms with Gasteiger partial charge in [-0.05, 0) is 44.7 Å². The standard InChI is InChI=1S/C14H26N2O2/c17-14(16-13-4-2-1-3-5-13)11-18-10-12-6-8-15-9-7-12/h12-13,15H,1-11H2,(H,16,17). The van der Waals surface area contributed by atoms with Crippen LogP contribution in [-0.2, 0) is 9.53 Å². The summed E-state index contributed by atoms with van der Waals surface area (Å²) in [7, 11) is 0. The average Bonchev–Trinajstić information content (AvgIpc) is 2.41. The van der Waals surface area contributed by atoms with Gasteiger partial charge in [0.15, 0.2) is 0 Å². The fourth-order valence-electron chi connectivity index (χ4n) is 2.88. The molecule has 2 N–H and O–H groups in total. The molecule has 1 aliphatic heterocycles. The van der Waals surface area contributed by atoms with Crippen molar-refractivity contribution in [3.8, 4) is 0 Å². The number of carbonyl (C=O) groups is 1. The van der Waals surface area contributed by atoms with Gasteiger partial charge in [-0.15, -0.1) is 0 Å². The Labute approximate surface area is 110 Å². The number of piperidine rings is 1. The summed E-state index contributed by atoms with van der Waals surface area (Å²) in [4.78, 5) is 11.7. The number of rotatable bonds is 5. The van der Waals surface area contributed by atoms with E-state index in [9.17, 15) is 4.79 Å². The first-order valence-electron chi connectivity index (χ1n) is 7.42. The van der Waals surface area contributed by atoms with E-state index in [0.29, 0.717) is 12.0 Å². The van der Waals surface area contributed by atoms with Crippen LogP contribution in [0.3, 0.4) is 0 Å². The van der Waals surface area contributed by atoms with Gasteiger partial charge in [-0.3, -0.25) is 4.79 Å². The van der Waals surface area contributed by atoms with Crippen LogP contribution in [-0.4, -0.2) is 38.3 Å². The molecule has 4 heteroatoms. The molecule has 1 saturated carbocycles. The minimum Gasteiger partial charge on any atom is -0.371 e. The first-order valence-corrected chi connectivity index (χ1v) is 7.42. The summed E-state index contributed by atoms with van der Waals surface area (Å²) in [5, 5.41) is 6.41. The summed E-state index contributed by atoms with van der Waals surface area (Å²) in [6.07, 6.45) is 8.44. The highest BCUT2D eigenvalue weighted by Crippen LogP contribution is 2.17. The van der Waals surface area contributed by atoms with Gasteiger partial charge in [-0.25, -0.2) is 0 Å². The molecule has 1 heterocycles. The second-order valence-corrected chi connectivity index (χ2v) is 5.61. The third kappa shape index (κ3) is 4.94. The van der Waals surface area contributed by atoms with Gasteiger partial charge in [0.25, 0.3) is 0 Å². The Morgan fingerprint density at radius 2 is 1.83 bits per heavy atom. The molecule has 0 radical (unpaired) electrons. The van der Waals surface area contributed by atoms with Crippen LogP contribution in [0.25, 0.3) is 0 Å². The third-order valence-electron chi connectivity index (χ3n) is 4.02. The summed E-state index contributed by atoms with van der Waals surface area (Å²) in [6, 6.07) is 0.397. The van der Waals surface area contributed by atoms with Crippen LogP contribution in [0.5, 0.6) is 0 Å². The fraction of sp³-hybridized carbons (Fsp3) is 0.929. The maximum Gasteiger partial charge on any atom is 0.246 e. The van der Waals surface area contributed by atoms with Crippen LogP contribution < -0.4 is 10.6 Å². The van der Waals surface area contributed by atoms with Crippen molar-refractivity contribution in [2.45, 2.75) is 51.0 Å². The third-order valence-corrected chi connectivity index (χ3v) is 4.02. The smallest absolute Gasteiger partial charge is 0.246 e. The summed E-state index contributed by atoms with van der Waals surface area (Å²) in [5.74, 6) is 0.699. The molecule has 18 heavy (non-hydrogen) atoms. The predicted molar refractivity (Wildman–Crippen MR) is 71.4 cm³/mol. The summed E-state index contributed by atoms with van der Waals surface area (Å²) in [5.41, 5.74) is 0. The molecule has 0 atom stereocenters. The van der Waals surface area contributed by atoms with Gasteiger partial charge in [-0.1, -0.05) is 19.3 Å². The van der Waals surface area contributed by atoms with Gasteiger partial charge in [0.1, 0.15) is 6.61 Å². The zero-order valence-electron chi connectivity index (χ0n) is 11.2. The van der Waals surface area contributed by atoms with E-state index >= 15 is 0 Å². The van der Waals surface area contributed by atoms with Crippen molar-refractivity contribution in [3.63, 3.8) is 0 Å². The molecule has 2 aliphatic rings. The molecular weight excluding hydrogens is 228 g/mol. The molecule has 1 amide bonds. The SMILES string of the molecule is O=C(COCC1CCNCC1)NC1CCCCC1. The van der Waals surface area contributed by atoms with Crippen molar-refractivity contribution in [1.29, 1.82) is 0 Å². The van der Waals surface area contributed by atoms with E-state index in [1.165, 1.54) is 32.1 Å². The Morgan fingerprint density at radius 3 is 2.56 bits per heavy atom. The molecule has 0 spiro atoms. The number of carbonyl (C=O) groups excluding carboxylic acids is 1. The Balaban J connectivity index is 1.53. The van der Waals surface area contributed by atoms with E-state index in [-0.39, 0.29) is 12.5 Å². The Bertz CT molecular complexity index is 246.